The van der Waals surface area contributed by atoms with Crippen LogP contribution < -0.4 is 9.47 Å². The number of ether oxygens (including phenoxy) is 2. The summed E-state index contributed by atoms with van der Waals surface area (Å²) < 4.78 is 10.3. The molecule has 0 saturated heterocycles. The van der Waals surface area contributed by atoms with Crippen molar-refractivity contribution >= 4 is 11.1 Å². The molecule has 0 spiro atoms. The molecule has 0 bridgehead atoms. The highest BCUT2D eigenvalue weighted by Crippen LogP contribution is 2.51. The summed E-state index contributed by atoms with van der Waals surface area (Å²) in [6, 6.07) is 0. The van der Waals surface area contributed by atoms with Crippen LogP contribution in [-0.2, 0) is 0 Å². The SMILES string of the molecule is C=C(C)c1c(O)c(O)c(OC)c(OC)c1C(=C)C. The fraction of sp³-hybridized carbons (Fsp3) is 0.286. The first-order valence-electron chi connectivity index (χ1n) is 5.38. The summed E-state index contributed by atoms with van der Waals surface area (Å²) in [5, 5.41) is 20.0. The molecule has 0 unspecified atom stereocenters. The Morgan fingerprint density at radius 1 is 0.833 bits per heavy atom. The van der Waals surface area contributed by atoms with Crippen molar-refractivity contribution < 1.29 is 19.7 Å². The summed E-state index contributed by atoms with van der Waals surface area (Å²) in [7, 11) is 2.85. The Balaban J connectivity index is 3.89. The van der Waals surface area contributed by atoms with E-state index in [-0.39, 0.29) is 17.2 Å². The number of hydrogen-bond donors (Lipinski definition) is 2. The van der Waals surface area contributed by atoms with Gasteiger partial charge in [0.2, 0.25) is 11.5 Å². The lowest BCUT2D eigenvalue weighted by molar-refractivity contribution is 0.320. The number of benzene rings is 1. The van der Waals surface area contributed by atoms with Gasteiger partial charge in [-0.3, -0.25) is 0 Å². The molecule has 0 aliphatic carbocycles. The minimum atomic E-state index is -0.364. The molecule has 0 saturated carbocycles. The van der Waals surface area contributed by atoms with Crippen LogP contribution in [0.2, 0.25) is 0 Å². The van der Waals surface area contributed by atoms with Crippen LogP contribution in [-0.4, -0.2) is 24.4 Å². The molecule has 0 fully saturated rings. The summed E-state index contributed by atoms with van der Waals surface area (Å²) >= 11 is 0. The van der Waals surface area contributed by atoms with E-state index >= 15 is 0 Å². The molecule has 0 aromatic heterocycles. The summed E-state index contributed by atoms with van der Waals surface area (Å²) in [5.41, 5.74) is 2.27. The van der Waals surface area contributed by atoms with Gasteiger partial charge in [-0.2, -0.15) is 0 Å². The number of phenols is 2. The molecular formula is C14H18O4. The van der Waals surface area contributed by atoms with Crippen molar-refractivity contribution in [3.8, 4) is 23.0 Å². The molecule has 1 rings (SSSR count). The summed E-state index contributed by atoms with van der Waals surface area (Å²) in [6.07, 6.45) is 0. The van der Waals surface area contributed by atoms with Crippen molar-refractivity contribution in [1.29, 1.82) is 0 Å². The van der Waals surface area contributed by atoms with Crippen LogP contribution in [0.5, 0.6) is 23.0 Å². The first-order chi connectivity index (χ1) is 8.36. The zero-order valence-electron chi connectivity index (χ0n) is 11.1. The van der Waals surface area contributed by atoms with Crippen molar-refractivity contribution in [2.24, 2.45) is 0 Å². The first-order valence-corrected chi connectivity index (χ1v) is 5.38. The van der Waals surface area contributed by atoms with Crippen LogP contribution in [0.3, 0.4) is 0 Å². The molecule has 0 heterocycles. The average Bonchev–Trinajstić information content (AvgIpc) is 2.30. The third kappa shape index (κ3) is 2.01. The number of rotatable bonds is 4. The quantitative estimate of drug-likeness (QED) is 0.806. The monoisotopic (exact) mass is 250 g/mol. The zero-order chi connectivity index (χ0) is 14.0. The molecule has 0 atom stereocenters. The number of aromatic hydroxyl groups is 2. The van der Waals surface area contributed by atoms with E-state index in [4.69, 9.17) is 9.47 Å². The van der Waals surface area contributed by atoms with Crippen molar-refractivity contribution in [1.82, 2.24) is 0 Å². The fourth-order valence-corrected chi connectivity index (χ4v) is 1.89. The lowest BCUT2D eigenvalue weighted by Crippen LogP contribution is -2.00. The fourth-order valence-electron chi connectivity index (χ4n) is 1.89. The highest BCUT2D eigenvalue weighted by Gasteiger charge is 2.25. The molecule has 0 radical (unpaired) electrons. The van der Waals surface area contributed by atoms with E-state index in [1.807, 2.05) is 0 Å². The Hall–Kier alpha value is -2.10. The van der Waals surface area contributed by atoms with Crippen molar-refractivity contribution in [3.63, 3.8) is 0 Å². The van der Waals surface area contributed by atoms with Crippen molar-refractivity contribution in [3.05, 3.63) is 24.3 Å². The van der Waals surface area contributed by atoms with Gasteiger partial charge in [0, 0.05) is 11.1 Å². The topological polar surface area (TPSA) is 58.9 Å². The highest BCUT2D eigenvalue weighted by atomic mass is 16.5. The molecule has 98 valence electrons. The van der Waals surface area contributed by atoms with Crippen LogP contribution in [0.25, 0.3) is 11.1 Å². The normalized spacial score (nSPS) is 10.0. The number of methoxy groups -OCH3 is 2. The van der Waals surface area contributed by atoms with E-state index in [0.717, 1.165) is 0 Å². The Bertz CT molecular complexity index is 515. The second-order valence-electron chi connectivity index (χ2n) is 4.07. The van der Waals surface area contributed by atoms with Gasteiger partial charge in [-0.25, -0.2) is 0 Å². The standard InChI is InChI=1S/C14H18O4/c1-7(2)9-10(8(3)4)13(17-5)14(18-6)12(16)11(9)15/h15-16H,1,3H2,2,4-6H3. The molecule has 18 heavy (non-hydrogen) atoms. The van der Waals surface area contributed by atoms with Crippen LogP contribution in [0.4, 0.5) is 0 Å². The van der Waals surface area contributed by atoms with E-state index in [2.05, 4.69) is 13.2 Å². The predicted molar refractivity (Wildman–Crippen MR) is 72.3 cm³/mol. The van der Waals surface area contributed by atoms with Gasteiger partial charge in [-0.05, 0) is 25.0 Å². The molecule has 4 heteroatoms. The summed E-state index contributed by atoms with van der Waals surface area (Å²) in [4.78, 5) is 0. The molecular weight excluding hydrogens is 232 g/mol. The molecule has 0 aliphatic rings. The number of allylic oxidation sites excluding steroid dienone is 2. The smallest absolute Gasteiger partial charge is 0.207 e. The first kappa shape index (κ1) is 14.0. The molecule has 1 aromatic carbocycles. The van der Waals surface area contributed by atoms with Gasteiger partial charge < -0.3 is 19.7 Å². The van der Waals surface area contributed by atoms with Crippen LogP contribution in [0.1, 0.15) is 25.0 Å². The van der Waals surface area contributed by atoms with Crippen LogP contribution in [0.15, 0.2) is 13.2 Å². The third-order valence-corrected chi connectivity index (χ3v) is 2.62. The van der Waals surface area contributed by atoms with Crippen LogP contribution >= 0.6 is 0 Å². The van der Waals surface area contributed by atoms with Gasteiger partial charge in [-0.15, -0.1) is 0 Å². The third-order valence-electron chi connectivity index (χ3n) is 2.62. The Morgan fingerprint density at radius 3 is 1.61 bits per heavy atom. The van der Waals surface area contributed by atoms with Crippen LogP contribution in [0, 0.1) is 0 Å². The van der Waals surface area contributed by atoms with E-state index in [9.17, 15) is 10.2 Å². The second-order valence-corrected chi connectivity index (χ2v) is 4.07. The maximum Gasteiger partial charge on any atom is 0.207 e. The molecule has 4 nitrogen and oxygen atoms in total. The van der Waals surface area contributed by atoms with Crippen molar-refractivity contribution in [2.45, 2.75) is 13.8 Å². The van der Waals surface area contributed by atoms with Gasteiger partial charge in [0.05, 0.1) is 14.2 Å². The molecule has 0 aliphatic heterocycles. The maximum atomic E-state index is 10.0. The lowest BCUT2D eigenvalue weighted by Gasteiger charge is -2.20. The zero-order valence-corrected chi connectivity index (χ0v) is 11.1. The Labute approximate surface area is 107 Å². The predicted octanol–water partition coefficient (Wildman–Crippen LogP) is 3.18. The number of hydrogen-bond acceptors (Lipinski definition) is 4. The van der Waals surface area contributed by atoms with Gasteiger partial charge in [0.25, 0.3) is 0 Å². The minimum Gasteiger partial charge on any atom is -0.504 e. The maximum absolute atomic E-state index is 10.0. The summed E-state index contributed by atoms with van der Waals surface area (Å²) in [5.74, 6) is -0.230. The second kappa shape index (κ2) is 5.04. The minimum absolute atomic E-state index is 0.0815. The average molecular weight is 250 g/mol. The number of phenolic OH excluding ortho intramolecular Hbond substituents is 2. The lowest BCUT2D eigenvalue weighted by atomic mass is 9.94. The Kier molecular flexibility index (Phi) is 3.91. The van der Waals surface area contributed by atoms with Crippen molar-refractivity contribution in [2.75, 3.05) is 14.2 Å². The highest BCUT2D eigenvalue weighted by molar-refractivity contribution is 5.88. The van der Waals surface area contributed by atoms with Gasteiger partial charge in [0.1, 0.15) is 0 Å². The van der Waals surface area contributed by atoms with E-state index in [0.29, 0.717) is 28.0 Å². The van der Waals surface area contributed by atoms with E-state index in [1.54, 1.807) is 13.8 Å². The molecule has 1 aromatic rings. The van der Waals surface area contributed by atoms with Gasteiger partial charge >= 0.3 is 0 Å². The van der Waals surface area contributed by atoms with Gasteiger partial charge in [-0.1, -0.05) is 13.2 Å². The Morgan fingerprint density at radius 2 is 1.28 bits per heavy atom. The van der Waals surface area contributed by atoms with E-state index in [1.165, 1.54) is 14.2 Å². The van der Waals surface area contributed by atoms with E-state index < -0.39 is 0 Å². The summed E-state index contributed by atoms with van der Waals surface area (Å²) in [6.45, 7) is 11.2. The van der Waals surface area contributed by atoms with Gasteiger partial charge in [0.15, 0.2) is 11.5 Å². The molecule has 2 N–H and O–H groups in total. The molecule has 0 amide bonds. The largest absolute Gasteiger partial charge is 0.504 e.